The first kappa shape index (κ1) is 13.0. The molecule has 1 heterocycles. The fourth-order valence-electron chi connectivity index (χ4n) is 2.33. The number of alkyl halides is 2. The van der Waals surface area contributed by atoms with Crippen LogP contribution in [0.2, 0.25) is 0 Å². The SMILES string of the molecule is CN1CC[C@@H](N(C)C(=O)[C@]2(C)CC2(Cl)Cl)C1=O. The predicted molar refractivity (Wildman–Crippen MR) is 66.0 cm³/mol. The zero-order valence-electron chi connectivity index (χ0n) is 10.2. The summed E-state index contributed by atoms with van der Waals surface area (Å²) in [5, 5.41) is 0. The molecule has 0 radical (unpaired) electrons. The number of hydrogen-bond acceptors (Lipinski definition) is 2. The molecule has 2 fully saturated rings. The van der Waals surface area contributed by atoms with E-state index in [0.29, 0.717) is 19.4 Å². The maximum atomic E-state index is 12.3. The third-order valence-electron chi connectivity index (χ3n) is 3.92. The number of likely N-dealkylation sites (tertiary alicyclic amines) is 1. The maximum absolute atomic E-state index is 12.3. The van der Waals surface area contributed by atoms with E-state index in [1.54, 1.807) is 25.9 Å². The van der Waals surface area contributed by atoms with E-state index in [0.717, 1.165) is 0 Å². The van der Waals surface area contributed by atoms with Crippen molar-refractivity contribution in [3.05, 3.63) is 0 Å². The number of rotatable bonds is 2. The van der Waals surface area contributed by atoms with Crippen molar-refractivity contribution in [2.24, 2.45) is 5.41 Å². The number of amides is 2. The summed E-state index contributed by atoms with van der Waals surface area (Å²) in [6, 6.07) is -0.367. The van der Waals surface area contributed by atoms with Crippen LogP contribution in [0.5, 0.6) is 0 Å². The normalized spacial score (nSPS) is 35.0. The average Bonchev–Trinajstić information content (AvgIpc) is 2.58. The van der Waals surface area contributed by atoms with Gasteiger partial charge < -0.3 is 9.80 Å². The molecule has 96 valence electrons. The van der Waals surface area contributed by atoms with E-state index in [1.807, 2.05) is 0 Å². The van der Waals surface area contributed by atoms with Gasteiger partial charge in [0.15, 0.2) is 0 Å². The van der Waals surface area contributed by atoms with Crippen molar-refractivity contribution in [2.75, 3.05) is 20.6 Å². The van der Waals surface area contributed by atoms with Crippen LogP contribution in [0.15, 0.2) is 0 Å². The number of hydrogen-bond donors (Lipinski definition) is 0. The first-order chi connectivity index (χ1) is 7.71. The van der Waals surface area contributed by atoms with Gasteiger partial charge >= 0.3 is 0 Å². The molecule has 1 aliphatic heterocycles. The Morgan fingerprint density at radius 2 is 2.06 bits per heavy atom. The molecule has 0 aromatic heterocycles. The van der Waals surface area contributed by atoms with Crippen LogP contribution in [0.1, 0.15) is 19.8 Å². The molecule has 2 amide bonds. The van der Waals surface area contributed by atoms with Gasteiger partial charge in [-0.1, -0.05) is 0 Å². The average molecular weight is 279 g/mol. The second kappa shape index (κ2) is 3.75. The highest BCUT2D eigenvalue weighted by atomic mass is 35.5. The smallest absolute Gasteiger partial charge is 0.245 e. The van der Waals surface area contributed by atoms with Crippen molar-refractivity contribution in [1.82, 2.24) is 9.80 Å². The minimum Gasteiger partial charge on any atom is -0.344 e. The molecule has 0 bridgehead atoms. The van der Waals surface area contributed by atoms with E-state index in [2.05, 4.69) is 0 Å². The second-order valence-electron chi connectivity index (χ2n) is 5.19. The van der Waals surface area contributed by atoms with Crippen LogP contribution in [0, 0.1) is 5.41 Å². The summed E-state index contributed by atoms with van der Waals surface area (Å²) >= 11 is 12.0. The Morgan fingerprint density at radius 1 is 1.53 bits per heavy atom. The fourth-order valence-corrected chi connectivity index (χ4v) is 3.02. The minimum atomic E-state index is -0.980. The second-order valence-corrected chi connectivity index (χ2v) is 6.68. The van der Waals surface area contributed by atoms with Crippen molar-refractivity contribution >= 4 is 35.0 Å². The van der Waals surface area contributed by atoms with E-state index in [4.69, 9.17) is 23.2 Å². The van der Waals surface area contributed by atoms with Crippen LogP contribution in [0.4, 0.5) is 0 Å². The molecule has 0 N–H and O–H groups in total. The lowest BCUT2D eigenvalue weighted by atomic mass is 10.1. The summed E-state index contributed by atoms with van der Waals surface area (Å²) in [4.78, 5) is 27.2. The zero-order valence-corrected chi connectivity index (χ0v) is 11.7. The van der Waals surface area contributed by atoms with Crippen LogP contribution in [0.3, 0.4) is 0 Å². The Labute approximate surface area is 111 Å². The lowest BCUT2D eigenvalue weighted by Crippen LogP contribution is -2.45. The van der Waals surface area contributed by atoms with Crippen molar-refractivity contribution in [3.63, 3.8) is 0 Å². The number of carbonyl (C=O) groups is 2. The standard InChI is InChI=1S/C11H16Cl2N2O2/c1-10(6-11(10,12)13)9(17)15(3)7-4-5-14(2)8(7)16/h7H,4-6H2,1-3H3/t7-,10+/m1/s1. The van der Waals surface area contributed by atoms with E-state index in [1.165, 1.54) is 4.90 Å². The monoisotopic (exact) mass is 278 g/mol. The highest BCUT2D eigenvalue weighted by Gasteiger charge is 2.69. The van der Waals surface area contributed by atoms with Crippen molar-refractivity contribution < 1.29 is 9.59 Å². The molecular weight excluding hydrogens is 263 g/mol. The molecule has 4 nitrogen and oxygen atoms in total. The first-order valence-electron chi connectivity index (χ1n) is 5.61. The Bertz CT molecular complexity index is 386. The van der Waals surface area contributed by atoms with Crippen molar-refractivity contribution in [3.8, 4) is 0 Å². The highest BCUT2D eigenvalue weighted by Crippen LogP contribution is 2.64. The molecule has 2 atom stereocenters. The van der Waals surface area contributed by atoms with E-state index >= 15 is 0 Å². The lowest BCUT2D eigenvalue weighted by Gasteiger charge is -2.26. The summed E-state index contributed by atoms with van der Waals surface area (Å²) in [5.74, 6) is -0.156. The topological polar surface area (TPSA) is 40.6 Å². The fraction of sp³-hybridized carbons (Fsp3) is 0.818. The Balaban J connectivity index is 2.09. The van der Waals surface area contributed by atoms with Gasteiger partial charge in [0, 0.05) is 20.6 Å². The molecule has 1 aliphatic carbocycles. The molecule has 17 heavy (non-hydrogen) atoms. The van der Waals surface area contributed by atoms with Crippen LogP contribution in [-0.2, 0) is 9.59 Å². The molecule has 0 aromatic carbocycles. The van der Waals surface area contributed by atoms with Crippen LogP contribution < -0.4 is 0 Å². The van der Waals surface area contributed by atoms with E-state index in [9.17, 15) is 9.59 Å². The van der Waals surface area contributed by atoms with Gasteiger partial charge in [0.2, 0.25) is 11.8 Å². The van der Waals surface area contributed by atoms with E-state index < -0.39 is 9.75 Å². The minimum absolute atomic E-state index is 0.0140. The number of likely N-dealkylation sites (N-methyl/N-ethyl adjacent to an activating group) is 2. The molecule has 1 saturated carbocycles. The molecule has 2 aliphatic rings. The Morgan fingerprint density at radius 3 is 2.41 bits per heavy atom. The molecule has 6 heteroatoms. The van der Waals surface area contributed by atoms with Gasteiger partial charge in [0.1, 0.15) is 10.4 Å². The highest BCUT2D eigenvalue weighted by molar-refractivity contribution is 6.53. The van der Waals surface area contributed by atoms with Gasteiger partial charge in [-0.25, -0.2) is 0 Å². The molecule has 1 saturated heterocycles. The largest absolute Gasteiger partial charge is 0.344 e. The first-order valence-corrected chi connectivity index (χ1v) is 6.36. The quantitative estimate of drug-likeness (QED) is 0.714. The molecule has 2 rings (SSSR count). The van der Waals surface area contributed by atoms with E-state index in [-0.39, 0.29) is 17.9 Å². The van der Waals surface area contributed by atoms with Gasteiger partial charge in [0.05, 0.1) is 5.41 Å². The third-order valence-corrected chi connectivity index (χ3v) is 5.02. The van der Waals surface area contributed by atoms with Gasteiger partial charge in [-0.3, -0.25) is 9.59 Å². The van der Waals surface area contributed by atoms with Gasteiger partial charge in [0.25, 0.3) is 0 Å². The summed E-state index contributed by atoms with van der Waals surface area (Å²) < 4.78 is -0.980. The van der Waals surface area contributed by atoms with Crippen molar-refractivity contribution in [1.29, 1.82) is 0 Å². The summed E-state index contributed by atoms with van der Waals surface area (Å²) in [7, 11) is 3.39. The summed E-state index contributed by atoms with van der Waals surface area (Å²) in [6.07, 6.45) is 1.12. The van der Waals surface area contributed by atoms with Crippen LogP contribution in [-0.4, -0.2) is 52.6 Å². The van der Waals surface area contributed by atoms with Crippen LogP contribution >= 0.6 is 23.2 Å². The molecule has 0 unspecified atom stereocenters. The summed E-state index contributed by atoms with van der Waals surface area (Å²) in [6.45, 7) is 2.43. The molecular formula is C11H16Cl2N2O2. The molecule has 0 spiro atoms. The molecule has 0 aromatic rings. The van der Waals surface area contributed by atoms with Crippen molar-refractivity contribution in [2.45, 2.75) is 30.1 Å². The van der Waals surface area contributed by atoms with Gasteiger partial charge in [-0.15, -0.1) is 23.2 Å². The third kappa shape index (κ3) is 1.82. The van der Waals surface area contributed by atoms with Gasteiger partial charge in [-0.05, 0) is 19.8 Å². The zero-order chi connectivity index (χ0) is 13.0. The number of nitrogens with zero attached hydrogens (tertiary/aromatic N) is 2. The number of halogens is 2. The Hall–Kier alpha value is -0.480. The summed E-state index contributed by atoms with van der Waals surface area (Å²) in [5.41, 5.74) is -0.744. The number of carbonyl (C=O) groups excluding carboxylic acids is 2. The Kier molecular flexibility index (Phi) is 2.86. The van der Waals surface area contributed by atoms with Gasteiger partial charge in [-0.2, -0.15) is 0 Å². The predicted octanol–water partition coefficient (Wildman–Crippen LogP) is 1.26. The maximum Gasteiger partial charge on any atom is 0.245 e. The lowest BCUT2D eigenvalue weighted by molar-refractivity contribution is -0.143. The van der Waals surface area contributed by atoms with Crippen LogP contribution in [0.25, 0.3) is 0 Å².